The van der Waals surface area contributed by atoms with Gasteiger partial charge >= 0.3 is 0 Å². The highest BCUT2D eigenvalue weighted by Crippen LogP contribution is 2.28. The Morgan fingerprint density at radius 3 is 2.54 bits per heavy atom. The largest absolute Gasteiger partial charge is 0.301 e. The second-order valence-corrected chi connectivity index (χ2v) is 10.0. The Kier molecular flexibility index (Phi) is 6.44. The third-order valence-electron chi connectivity index (χ3n) is 4.21. The van der Waals surface area contributed by atoms with Crippen molar-refractivity contribution in [2.24, 2.45) is 0 Å². The smallest absolute Gasteiger partial charge is 0.257 e. The summed E-state index contributed by atoms with van der Waals surface area (Å²) in [5, 5.41) is 2.91. The number of rotatable bonds is 4. The average molecular weight is 416 g/mol. The van der Waals surface area contributed by atoms with Crippen molar-refractivity contribution in [2.75, 3.05) is 18.9 Å². The number of nitrogens with one attached hydrogen (secondary N) is 1. The number of sulfone groups is 1. The monoisotopic (exact) mass is 415 g/mol. The SMILES string of the molecule is CC(C)S(=O)(=O)c1ccc(C(=O)Nc2nc3c(s2)CN(C)CC3)cc1.Cl. The van der Waals surface area contributed by atoms with Gasteiger partial charge in [0.05, 0.1) is 15.8 Å². The number of carbonyl (C=O) groups excluding carboxylic acids is 1. The second-order valence-electron chi connectivity index (χ2n) is 6.45. The minimum atomic E-state index is -3.33. The van der Waals surface area contributed by atoms with Crippen molar-refractivity contribution in [1.29, 1.82) is 0 Å². The van der Waals surface area contributed by atoms with Crippen molar-refractivity contribution in [2.45, 2.75) is 37.0 Å². The fraction of sp³-hybridized carbons (Fsp3) is 0.412. The molecule has 1 aromatic heterocycles. The van der Waals surface area contributed by atoms with Crippen LogP contribution < -0.4 is 5.32 Å². The lowest BCUT2D eigenvalue weighted by atomic mass is 10.2. The number of aromatic nitrogens is 1. The first-order valence-corrected chi connectivity index (χ1v) is 10.5. The second kappa shape index (κ2) is 8.04. The fourth-order valence-electron chi connectivity index (χ4n) is 2.61. The molecule has 2 aromatic rings. The van der Waals surface area contributed by atoms with E-state index in [1.807, 2.05) is 0 Å². The fourth-order valence-corrected chi connectivity index (χ4v) is 4.76. The van der Waals surface area contributed by atoms with Gasteiger partial charge in [-0.05, 0) is 45.2 Å². The number of fused-ring (bicyclic) bond motifs is 1. The van der Waals surface area contributed by atoms with Gasteiger partial charge in [0, 0.05) is 30.0 Å². The van der Waals surface area contributed by atoms with Crippen LogP contribution in [0.5, 0.6) is 0 Å². The van der Waals surface area contributed by atoms with Gasteiger partial charge in [0.2, 0.25) is 0 Å². The molecule has 0 fully saturated rings. The molecule has 0 atom stereocenters. The van der Waals surface area contributed by atoms with Crippen LogP contribution in [0.1, 0.15) is 34.8 Å². The Morgan fingerprint density at radius 2 is 1.92 bits per heavy atom. The van der Waals surface area contributed by atoms with E-state index in [4.69, 9.17) is 0 Å². The van der Waals surface area contributed by atoms with Gasteiger partial charge in [-0.3, -0.25) is 10.1 Å². The predicted molar refractivity (Wildman–Crippen MR) is 106 cm³/mol. The van der Waals surface area contributed by atoms with Crippen LogP contribution in [0.3, 0.4) is 0 Å². The first kappa shape index (κ1) is 20.8. The molecule has 0 spiro atoms. The minimum Gasteiger partial charge on any atom is -0.301 e. The number of amides is 1. The molecule has 0 radical (unpaired) electrons. The van der Waals surface area contributed by atoms with Crippen LogP contribution >= 0.6 is 23.7 Å². The molecule has 0 saturated heterocycles. The molecule has 1 amide bonds. The van der Waals surface area contributed by atoms with E-state index < -0.39 is 15.1 Å². The van der Waals surface area contributed by atoms with E-state index in [0.29, 0.717) is 10.7 Å². The predicted octanol–water partition coefficient (Wildman–Crippen LogP) is 2.99. The van der Waals surface area contributed by atoms with Crippen LogP contribution in [0.15, 0.2) is 29.2 Å². The van der Waals surface area contributed by atoms with Crippen molar-refractivity contribution >= 4 is 44.6 Å². The summed E-state index contributed by atoms with van der Waals surface area (Å²) >= 11 is 1.49. The number of halogens is 1. The summed E-state index contributed by atoms with van der Waals surface area (Å²) in [6.45, 7) is 5.09. The number of nitrogens with zero attached hydrogens (tertiary/aromatic N) is 2. The van der Waals surface area contributed by atoms with E-state index in [-0.39, 0.29) is 23.2 Å². The standard InChI is InChI=1S/C17H21N3O3S2.ClH/c1-11(2)25(22,23)13-6-4-12(5-7-13)16(21)19-17-18-14-8-9-20(3)10-15(14)24-17;/h4-7,11H,8-10H2,1-3H3,(H,18,19,21);1H. The molecule has 9 heteroatoms. The number of hydrogen-bond acceptors (Lipinski definition) is 6. The van der Waals surface area contributed by atoms with E-state index in [9.17, 15) is 13.2 Å². The summed E-state index contributed by atoms with van der Waals surface area (Å²) in [6, 6.07) is 6.02. The maximum Gasteiger partial charge on any atom is 0.257 e. The van der Waals surface area contributed by atoms with Crippen LogP contribution in [0.2, 0.25) is 0 Å². The van der Waals surface area contributed by atoms with Gasteiger partial charge in [0.25, 0.3) is 5.91 Å². The Bertz CT molecular complexity index is 892. The van der Waals surface area contributed by atoms with Crippen LogP contribution in [0, 0.1) is 0 Å². The van der Waals surface area contributed by atoms with E-state index in [0.717, 1.165) is 25.2 Å². The van der Waals surface area contributed by atoms with Crippen molar-refractivity contribution in [3.05, 3.63) is 40.4 Å². The first-order valence-electron chi connectivity index (χ1n) is 8.10. The molecular weight excluding hydrogens is 394 g/mol. The number of hydrogen-bond donors (Lipinski definition) is 1. The molecule has 6 nitrogen and oxygen atoms in total. The quantitative estimate of drug-likeness (QED) is 0.830. The topological polar surface area (TPSA) is 79.4 Å². The van der Waals surface area contributed by atoms with E-state index in [1.54, 1.807) is 13.8 Å². The zero-order valence-corrected chi connectivity index (χ0v) is 17.3. The highest BCUT2D eigenvalue weighted by atomic mass is 35.5. The van der Waals surface area contributed by atoms with Crippen LogP contribution in [-0.4, -0.2) is 43.1 Å². The van der Waals surface area contributed by atoms with Gasteiger partial charge in [-0.25, -0.2) is 13.4 Å². The van der Waals surface area contributed by atoms with Crippen LogP contribution in [0.4, 0.5) is 5.13 Å². The average Bonchev–Trinajstić information content (AvgIpc) is 2.96. The molecule has 1 aliphatic rings. The van der Waals surface area contributed by atoms with Crippen molar-refractivity contribution < 1.29 is 13.2 Å². The van der Waals surface area contributed by atoms with E-state index in [2.05, 4.69) is 22.2 Å². The maximum atomic E-state index is 12.4. The molecule has 1 aliphatic heterocycles. The Balaban J connectivity index is 0.00000243. The maximum absolute atomic E-state index is 12.4. The molecule has 0 unspecified atom stereocenters. The normalized spacial score (nSPS) is 14.6. The first-order chi connectivity index (χ1) is 11.8. The Hall–Kier alpha value is -1.48. The molecule has 2 heterocycles. The summed E-state index contributed by atoms with van der Waals surface area (Å²) in [5.74, 6) is -0.284. The molecule has 0 bridgehead atoms. The zero-order chi connectivity index (χ0) is 18.2. The van der Waals surface area contributed by atoms with Gasteiger partial charge in [0.1, 0.15) is 0 Å². The van der Waals surface area contributed by atoms with Crippen molar-refractivity contribution in [1.82, 2.24) is 9.88 Å². The van der Waals surface area contributed by atoms with Gasteiger partial charge < -0.3 is 4.90 Å². The molecule has 0 saturated carbocycles. The summed E-state index contributed by atoms with van der Waals surface area (Å²) in [6.07, 6.45) is 0.889. The minimum absolute atomic E-state index is 0. The van der Waals surface area contributed by atoms with Gasteiger partial charge in [-0.15, -0.1) is 23.7 Å². The third kappa shape index (κ3) is 4.25. The summed E-state index contributed by atoms with van der Waals surface area (Å²) in [5.41, 5.74) is 1.46. The van der Waals surface area contributed by atoms with Gasteiger partial charge in [-0.1, -0.05) is 0 Å². The molecule has 26 heavy (non-hydrogen) atoms. The van der Waals surface area contributed by atoms with Crippen molar-refractivity contribution in [3.8, 4) is 0 Å². The van der Waals surface area contributed by atoms with Gasteiger partial charge in [0.15, 0.2) is 15.0 Å². The summed E-state index contributed by atoms with van der Waals surface area (Å²) in [7, 11) is -1.27. The molecule has 142 valence electrons. The zero-order valence-electron chi connectivity index (χ0n) is 14.9. The van der Waals surface area contributed by atoms with Crippen LogP contribution in [-0.2, 0) is 22.8 Å². The van der Waals surface area contributed by atoms with Crippen LogP contribution in [0.25, 0.3) is 0 Å². The lowest BCUT2D eigenvalue weighted by Gasteiger charge is -2.20. The highest BCUT2D eigenvalue weighted by molar-refractivity contribution is 7.92. The third-order valence-corrected chi connectivity index (χ3v) is 7.38. The molecule has 1 aromatic carbocycles. The van der Waals surface area contributed by atoms with Crippen molar-refractivity contribution in [3.63, 3.8) is 0 Å². The van der Waals surface area contributed by atoms with E-state index >= 15 is 0 Å². The lowest BCUT2D eigenvalue weighted by molar-refractivity contribution is 0.102. The number of carbonyl (C=O) groups is 1. The van der Waals surface area contributed by atoms with E-state index in [1.165, 1.54) is 40.5 Å². The molecule has 3 rings (SSSR count). The lowest BCUT2D eigenvalue weighted by Crippen LogP contribution is -2.25. The Labute approximate surface area is 164 Å². The number of likely N-dealkylation sites (N-methyl/N-ethyl adjacent to an activating group) is 1. The molecule has 1 N–H and O–H groups in total. The number of benzene rings is 1. The highest BCUT2D eigenvalue weighted by Gasteiger charge is 2.21. The van der Waals surface area contributed by atoms with Gasteiger partial charge in [-0.2, -0.15) is 0 Å². The number of thiazole rings is 1. The summed E-state index contributed by atoms with van der Waals surface area (Å²) < 4.78 is 24.3. The molecular formula is C17H22ClN3O3S2. The molecule has 0 aliphatic carbocycles. The Morgan fingerprint density at radius 1 is 1.27 bits per heavy atom. The number of anilines is 1. The summed E-state index contributed by atoms with van der Waals surface area (Å²) in [4.78, 5) is 20.5.